The van der Waals surface area contributed by atoms with Crippen LogP contribution in [0.5, 0.6) is 0 Å². The normalized spacial score (nSPS) is 9.08. The van der Waals surface area contributed by atoms with Gasteiger partial charge in [0.05, 0.1) is 5.16 Å². The van der Waals surface area contributed by atoms with Crippen LogP contribution in [-0.4, -0.2) is 17.7 Å². The van der Waals surface area contributed by atoms with E-state index in [1.165, 1.54) is 6.20 Å². The minimum atomic E-state index is -0.411. The zero-order valence-electron chi connectivity index (χ0n) is 6.74. The van der Waals surface area contributed by atoms with Crippen LogP contribution < -0.4 is 0 Å². The highest BCUT2D eigenvalue weighted by atomic mass is 32.1. The van der Waals surface area contributed by atoms with Crippen LogP contribution >= 0.6 is 12.2 Å². The predicted octanol–water partition coefficient (Wildman–Crippen LogP) is 1.72. The van der Waals surface area contributed by atoms with Crippen molar-refractivity contribution in [2.24, 2.45) is 4.99 Å². The average molecular weight is 183 g/mol. The Morgan fingerprint density at radius 2 is 2.50 bits per heavy atom. The molecule has 0 rings (SSSR count). The zero-order chi connectivity index (χ0) is 9.40. The van der Waals surface area contributed by atoms with Crippen LogP contribution in [0, 0.1) is 0 Å². The second kappa shape index (κ2) is 6.46. The molecule has 0 aliphatic rings. The summed E-state index contributed by atoms with van der Waals surface area (Å²) in [5.41, 5.74) is 0.377. The Bertz CT molecular complexity index is 252. The topological polar surface area (TPSA) is 38.7 Å². The Hall–Kier alpha value is -1.25. The molecule has 0 aliphatic carbocycles. The lowest BCUT2D eigenvalue weighted by molar-refractivity contribution is -0.137. The van der Waals surface area contributed by atoms with Gasteiger partial charge in [0.25, 0.3) is 0 Å². The number of isothiocyanates is 1. The van der Waals surface area contributed by atoms with E-state index in [9.17, 15) is 4.79 Å². The smallest absolute Gasteiger partial charge is 0.333 e. The number of hydrogen-bond donors (Lipinski definition) is 0. The highest BCUT2D eigenvalue weighted by molar-refractivity contribution is 7.78. The lowest BCUT2D eigenvalue weighted by Crippen LogP contribution is -2.04. The van der Waals surface area contributed by atoms with Gasteiger partial charge in [-0.1, -0.05) is 6.58 Å². The summed E-state index contributed by atoms with van der Waals surface area (Å²) in [5, 5.41) is 2.14. The van der Waals surface area contributed by atoms with E-state index in [0.717, 1.165) is 0 Å². The second-order valence-corrected chi connectivity index (χ2v) is 2.17. The number of carbonyl (C=O) groups is 1. The summed E-state index contributed by atoms with van der Waals surface area (Å²) in [5.74, 6) is -0.411. The van der Waals surface area contributed by atoms with Crippen LogP contribution in [-0.2, 0) is 9.53 Å². The Kier molecular flexibility index (Phi) is 5.79. The van der Waals surface area contributed by atoms with Crippen molar-refractivity contribution in [1.82, 2.24) is 0 Å². The van der Waals surface area contributed by atoms with Crippen molar-refractivity contribution < 1.29 is 9.53 Å². The Balaban J connectivity index is 3.63. The molecule has 0 fully saturated rings. The Morgan fingerprint density at radius 3 is 3.00 bits per heavy atom. The molecule has 3 nitrogen and oxygen atoms in total. The van der Waals surface area contributed by atoms with Crippen LogP contribution in [0.25, 0.3) is 0 Å². The molecule has 0 saturated carbocycles. The van der Waals surface area contributed by atoms with Gasteiger partial charge in [0.1, 0.15) is 6.61 Å². The van der Waals surface area contributed by atoms with Crippen molar-refractivity contribution >= 4 is 23.3 Å². The highest BCUT2D eigenvalue weighted by Gasteiger charge is 1.99. The zero-order valence-corrected chi connectivity index (χ0v) is 7.56. The van der Waals surface area contributed by atoms with E-state index in [4.69, 9.17) is 4.74 Å². The maximum absolute atomic E-state index is 10.8. The number of carbonyl (C=O) groups excluding carboxylic acids is 1. The van der Waals surface area contributed by atoms with Crippen molar-refractivity contribution in [3.05, 3.63) is 24.4 Å². The molecular formula is C8H9NO2S. The van der Waals surface area contributed by atoms with Gasteiger partial charge < -0.3 is 4.74 Å². The third kappa shape index (κ3) is 5.53. The maximum atomic E-state index is 10.8. The number of esters is 1. The molecule has 0 aromatic rings. The van der Waals surface area contributed by atoms with Crippen LogP contribution in [0.15, 0.2) is 29.4 Å². The number of ether oxygens (including phenoxy) is 1. The van der Waals surface area contributed by atoms with Gasteiger partial charge in [-0.05, 0) is 25.2 Å². The first-order chi connectivity index (χ1) is 5.68. The first-order valence-electron chi connectivity index (χ1n) is 3.23. The largest absolute Gasteiger partial charge is 0.458 e. The highest BCUT2D eigenvalue weighted by Crippen LogP contribution is 1.91. The van der Waals surface area contributed by atoms with Crippen molar-refractivity contribution in [2.45, 2.75) is 6.92 Å². The fraction of sp³-hybridized carbons (Fsp3) is 0.250. The van der Waals surface area contributed by atoms with Gasteiger partial charge in [-0.15, -0.1) is 0 Å². The lowest BCUT2D eigenvalue weighted by atomic mass is 10.4. The number of hydrogen-bond acceptors (Lipinski definition) is 4. The summed E-state index contributed by atoms with van der Waals surface area (Å²) >= 11 is 4.30. The summed E-state index contributed by atoms with van der Waals surface area (Å²) in [7, 11) is 0. The van der Waals surface area contributed by atoms with E-state index in [1.54, 1.807) is 13.0 Å². The summed E-state index contributed by atoms with van der Waals surface area (Å²) in [6.07, 6.45) is 2.97. The fourth-order valence-electron chi connectivity index (χ4n) is 0.373. The van der Waals surface area contributed by atoms with Gasteiger partial charge in [-0.25, -0.2) is 9.79 Å². The van der Waals surface area contributed by atoms with Crippen LogP contribution in [0.3, 0.4) is 0 Å². The number of nitrogens with zero attached hydrogens (tertiary/aromatic N) is 1. The van der Waals surface area contributed by atoms with E-state index in [2.05, 4.69) is 29.0 Å². The van der Waals surface area contributed by atoms with Gasteiger partial charge in [-0.3, -0.25) is 0 Å². The maximum Gasteiger partial charge on any atom is 0.333 e. The van der Waals surface area contributed by atoms with E-state index in [0.29, 0.717) is 5.57 Å². The molecule has 0 atom stereocenters. The molecule has 0 bridgehead atoms. The van der Waals surface area contributed by atoms with Gasteiger partial charge in [0, 0.05) is 11.8 Å². The molecular weight excluding hydrogens is 174 g/mol. The van der Waals surface area contributed by atoms with Crippen LogP contribution in [0.4, 0.5) is 0 Å². The van der Waals surface area contributed by atoms with Crippen molar-refractivity contribution in [3.63, 3.8) is 0 Å². The summed E-state index contributed by atoms with van der Waals surface area (Å²) in [6.45, 7) is 5.18. The third-order valence-corrected chi connectivity index (χ3v) is 0.997. The van der Waals surface area contributed by atoms with E-state index >= 15 is 0 Å². The van der Waals surface area contributed by atoms with Crippen LogP contribution in [0.1, 0.15) is 6.92 Å². The molecule has 0 aromatic carbocycles. The molecule has 0 heterocycles. The third-order valence-electron chi connectivity index (χ3n) is 0.892. The molecule has 0 unspecified atom stereocenters. The van der Waals surface area contributed by atoms with Gasteiger partial charge in [0.15, 0.2) is 0 Å². The van der Waals surface area contributed by atoms with Crippen molar-refractivity contribution in [2.75, 3.05) is 6.61 Å². The van der Waals surface area contributed by atoms with Crippen molar-refractivity contribution in [3.8, 4) is 0 Å². The molecule has 0 spiro atoms. The van der Waals surface area contributed by atoms with Crippen molar-refractivity contribution in [1.29, 1.82) is 0 Å². The quantitative estimate of drug-likeness (QED) is 0.288. The molecule has 0 amide bonds. The van der Waals surface area contributed by atoms with E-state index < -0.39 is 5.97 Å². The van der Waals surface area contributed by atoms with Crippen LogP contribution in [0.2, 0.25) is 0 Å². The molecule has 0 aliphatic heterocycles. The number of thiocarbonyl (C=S) groups is 1. The summed E-state index contributed by atoms with van der Waals surface area (Å²) < 4.78 is 4.70. The molecule has 0 N–H and O–H groups in total. The number of aliphatic imine (C=N–C) groups is 1. The Labute approximate surface area is 76.4 Å². The van der Waals surface area contributed by atoms with Gasteiger partial charge in [0.2, 0.25) is 0 Å². The predicted molar refractivity (Wildman–Crippen MR) is 49.9 cm³/mol. The molecule has 64 valence electrons. The second-order valence-electron chi connectivity index (χ2n) is 1.98. The summed E-state index contributed by atoms with van der Waals surface area (Å²) in [4.78, 5) is 14.2. The standard InChI is InChI=1S/C8H9NO2S/c1-7(2)8(10)11-5-3-4-9-6-12/h3-4H,1,5H2,2H3. The fourth-order valence-corrected chi connectivity index (χ4v) is 0.434. The molecule has 12 heavy (non-hydrogen) atoms. The van der Waals surface area contributed by atoms with Gasteiger partial charge in [-0.2, -0.15) is 0 Å². The van der Waals surface area contributed by atoms with Gasteiger partial charge >= 0.3 is 5.97 Å². The minimum Gasteiger partial charge on any atom is -0.458 e. The monoisotopic (exact) mass is 183 g/mol. The Morgan fingerprint density at radius 1 is 1.83 bits per heavy atom. The van der Waals surface area contributed by atoms with E-state index in [1.807, 2.05) is 0 Å². The minimum absolute atomic E-state index is 0.173. The number of rotatable bonds is 4. The first kappa shape index (κ1) is 10.8. The van der Waals surface area contributed by atoms with E-state index in [-0.39, 0.29) is 6.61 Å². The molecule has 0 saturated heterocycles. The molecule has 0 radical (unpaired) electrons. The average Bonchev–Trinajstić information content (AvgIpc) is 2.03. The SMILES string of the molecule is C=C(C)C(=O)OCC=CN=C=S. The molecule has 0 aromatic heterocycles. The molecule has 4 heteroatoms. The summed E-state index contributed by atoms with van der Waals surface area (Å²) in [6, 6.07) is 0. The first-order valence-corrected chi connectivity index (χ1v) is 3.64. The lowest BCUT2D eigenvalue weighted by Gasteiger charge is -1.98.